The Kier molecular flexibility index (Phi) is 6.76. The first-order chi connectivity index (χ1) is 9.54. The summed E-state index contributed by atoms with van der Waals surface area (Å²) in [5.41, 5.74) is -1.20. The van der Waals surface area contributed by atoms with Gasteiger partial charge in [0.1, 0.15) is 0 Å². The van der Waals surface area contributed by atoms with E-state index in [-0.39, 0.29) is 0 Å². The van der Waals surface area contributed by atoms with Crippen LogP contribution in [0.5, 0.6) is 0 Å². The third kappa shape index (κ3) is 4.09. The van der Waals surface area contributed by atoms with Crippen molar-refractivity contribution < 1.29 is 19.8 Å². The predicted molar refractivity (Wildman–Crippen MR) is 77.6 cm³/mol. The minimum Gasteiger partial charge on any atom is -0.481 e. The maximum Gasteiger partial charge on any atom is 0.314 e. The molecule has 0 aromatic heterocycles. The van der Waals surface area contributed by atoms with Gasteiger partial charge in [-0.1, -0.05) is 57.6 Å². The van der Waals surface area contributed by atoms with Crippen LogP contribution in [0.4, 0.5) is 0 Å². The molecule has 0 bridgehead atoms. The number of carboxylic acid groups (broad SMARTS) is 2. The molecule has 0 aromatic rings. The van der Waals surface area contributed by atoms with Gasteiger partial charge < -0.3 is 10.2 Å². The minimum absolute atomic E-state index is 0.425. The molecule has 2 unspecified atom stereocenters. The fourth-order valence-electron chi connectivity index (χ4n) is 3.06. The Hall–Kier alpha value is -1.32. The molecule has 4 heteroatoms. The van der Waals surface area contributed by atoms with E-state index in [4.69, 9.17) is 0 Å². The van der Waals surface area contributed by atoms with Crippen molar-refractivity contribution in [3.63, 3.8) is 0 Å². The highest BCUT2D eigenvalue weighted by Crippen LogP contribution is 2.42. The average molecular weight is 282 g/mol. The van der Waals surface area contributed by atoms with Crippen molar-refractivity contribution in [1.82, 2.24) is 0 Å². The van der Waals surface area contributed by atoms with Crippen molar-refractivity contribution >= 4 is 11.9 Å². The van der Waals surface area contributed by atoms with Crippen LogP contribution in [0.1, 0.15) is 64.7 Å². The Balaban J connectivity index is 2.62. The highest BCUT2D eigenvalue weighted by molar-refractivity contribution is 5.85. The highest BCUT2D eigenvalue weighted by Gasteiger charge is 2.48. The lowest BCUT2D eigenvalue weighted by Crippen LogP contribution is -2.42. The third-order valence-corrected chi connectivity index (χ3v) is 4.30. The summed E-state index contributed by atoms with van der Waals surface area (Å²) in [7, 11) is 0. The Morgan fingerprint density at radius 1 is 1.15 bits per heavy atom. The largest absolute Gasteiger partial charge is 0.481 e. The van der Waals surface area contributed by atoms with Gasteiger partial charge in [0, 0.05) is 0 Å². The molecule has 1 aliphatic rings. The van der Waals surface area contributed by atoms with Crippen molar-refractivity contribution in [2.75, 3.05) is 0 Å². The number of unbranched alkanes of at least 4 members (excludes halogenated alkanes) is 5. The summed E-state index contributed by atoms with van der Waals surface area (Å²) >= 11 is 0. The van der Waals surface area contributed by atoms with Crippen LogP contribution in [0.2, 0.25) is 0 Å². The van der Waals surface area contributed by atoms with Crippen molar-refractivity contribution in [3.05, 3.63) is 12.2 Å². The van der Waals surface area contributed by atoms with Crippen molar-refractivity contribution in [1.29, 1.82) is 0 Å². The van der Waals surface area contributed by atoms with Crippen molar-refractivity contribution in [3.8, 4) is 0 Å². The molecule has 1 rings (SSSR count). The predicted octanol–water partition coefficient (Wildman–Crippen LogP) is 3.86. The highest BCUT2D eigenvalue weighted by atomic mass is 16.4. The van der Waals surface area contributed by atoms with E-state index in [1.54, 1.807) is 6.08 Å². The summed E-state index contributed by atoms with van der Waals surface area (Å²) < 4.78 is 0. The van der Waals surface area contributed by atoms with Crippen LogP contribution in [-0.2, 0) is 9.59 Å². The molecule has 20 heavy (non-hydrogen) atoms. The molecule has 0 saturated heterocycles. The quantitative estimate of drug-likeness (QED) is 0.497. The maximum absolute atomic E-state index is 11.6. The van der Waals surface area contributed by atoms with Crippen LogP contribution >= 0.6 is 0 Å². The normalized spacial score (nSPS) is 25.6. The van der Waals surface area contributed by atoms with E-state index in [1.165, 1.54) is 19.3 Å². The molecule has 114 valence electrons. The first-order valence-electron chi connectivity index (χ1n) is 7.68. The molecule has 0 amide bonds. The summed E-state index contributed by atoms with van der Waals surface area (Å²) in [5, 5.41) is 18.8. The van der Waals surface area contributed by atoms with Crippen LogP contribution in [0.25, 0.3) is 0 Å². The first-order valence-corrected chi connectivity index (χ1v) is 7.68. The van der Waals surface area contributed by atoms with Crippen LogP contribution in [0.15, 0.2) is 12.2 Å². The molecule has 0 fully saturated rings. The molecule has 2 atom stereocenters. The molecule has 0 radical (unpaired) electrons. The van der Waals surface area contributed by atoms with Gasteiger partial charge in [0.25, 0.3) is 0 Å². The Labute approximate surface area is 120 Å². The van der Waals surface area contributed by atoms with E-state index in [1.807, 2.05) is 6.08 Å². The van der Waals surface area contributed by atoms with Crippen molar-refractivity contribution in [2.24, 2.45) is 11.3 Å². The number of hydrogen-bond donors (Lipinski definition) is 2. The van der Waals surface area contributed by atoms with Gasteiger partial charge in [-0.25, -0.2) is 0 Å². The lowest BCUT2D eigenvalue weighted by Gasteiger charge is -2.34. The summed E-state index contributed by atoms with van der Waals surface area (Å²) in [6.07, 6.45) is 11.4. The van der Waals surface area contributed by atoms with Gasteiger partial charge in [0.15, 0.2) is 0 Å². The van der Waals surface area contributed by atoms with Gasteiger partial charge in [-0.15, -0.1) is 0 Å². The number of aliphatic carboxylic acids is 2. The summed E-state index contributed by atoms with van der Waals surface area (Å²) in [4.78, 5) is 23.0. The Bertz CT molecular complexity index is 361. The lowest BCUT2D eigenvalue weighted by atomic mass is 9.67. The minimum atomic E-state index is -1.20. The smallest absolute Gasteiger partial charge is 0.314 e. The zero-order valence-electron chi connectivity index (χ0n) is 12.3. The molecule has 0 heterocycles. The second-order valence-electron chi connectivity index (χ2n) is 5.73. The van der Waals surface area contributed by atoms with E-state index < -0.39 is 23.3 Å². The zero-order chi connectivity index (χ0) is 15.0. The SMILES string of the molecule is CCCCCCCCC1(C(=O)O)C=CCCC1C(=O)O. The van der Waals surface area contributed by atoms with E-state index in [2.05, 4.69) is 6.92 Å². The number of hydrogen-bond acceptors (Lipinski definition) is 2. The van der Waals surface area contributed by atoms with Crippen LogP contribution in [-0.4, -0.2) is 22.2 Å². The number of carbonyl (C=O) groups is 2. The lowest BCUT2D eigenvalue weighted by molar-refractivity contribution is -0.160. The molecule has 2 N–H and O–H groups in total. The monoisotopic (exact) mass is 282 g/mol. The van der Waals surface area contributed by atoms with Gasteiger partial charge in [0.05, 0.1) is 11.3 Å². The van der Waals surface area contributed by atoms with E-state index >= 15 is 0 Å². The van der Waals surface area contributed by atoms with Crippen molar-refractivity contribution in [2.45, 2.75) is 64.7 Å². The standard InChI is InChI=1S/C16H26O4/c1-2-3-4-5-6-8-11-16(15(19)20)12-9-7-10-13(16)14(17)18/h9,12-13H,2-8,10-11H2,1H3,(H,17,18)(H,19,20). The van der Waals surface area contributed by atoms with E-state index in [0.29, 0.717) is 19.3 Å². The fourth-order valence-corrected chi connectivity index (χ4v) is 3.06. The van der Waals surface area contributed by atoms with Gasteiger partial charge >= 0.3 is 11.9 Å². The molecule has 0 saturated carbocycles. The first kappa shape index (κ1) is 16.7. The number of rotatable bonds is 9. The zero-order valence-corrected chi connectivity index (χ0v) is 12.3. The van der Waals surface area contributed by atoms with Crippen LogP contribution in [0.3, 0.4) is 0 Å². The summed E-state index contributed by atoms with van der Waals surface area (Å²) in [6, 6.07) is 0. The fraction of sp³-hybridized carbons (Fsp3) is 0.750. The molecular weight excluding hydrogens is 256 g/mol. The van der Waals surface area contributed by atoms with E-state index in [9.17, 15) is 19.8 Å². The number of carboxylic acids is 2. The average Bonchev–Trinajstić information content (AvgIpc) is 2.42. The van der Waals surface area contributed by atoms with Gasteiger partial charge in [-0.05, 0) is 19.3 Å². The molecule has 1 aliphatic carbocycles. The molecule has 4 nitrogen and oxygen atoms in total. The third-order valence-electron chi connectivity index (χ3n) is 4.30. The molecule has 0 spiro atoms. The summed E-state index contributed by atoms with van der Waals surface area (Å²) in [5.74, 6) is -2.77. The second kappa shape index (κ2) is 8.08. The maximum atomic E-state index is 11.6. The van der Waals surface area contributed by atoms with Gasteiger partial charge in [0.2, 0.25) is 0 Å². The van der Waals surface area contributed by atoms with Gasteiger partial charge in [-0.2, -0.15) is 0 Å². The topological polar surface area (TPSA) is 74.6 Å². The summed E-state index contributed by atoms with van der Waals surface area (Å²) in [6.45, 7) is 2.16. The second-order valence-corrected chi connectivity index (χ2v) is 5.73. The van der Waals surface area contributed by atoms with Gasteiger partial charge in [-0.3, -0.25) is 9.59 Å². The Morgan fingerprint density at radius 2 is 1.80 bits per heavy atom. The Morgan fingerprint density at radius 3 is 2.40 bits per heavy atom. The molecule has 0 aromatic carbocycles. The molecular formula is C16H26O4. The van der Waals surface area contributed by atoms with Crippen LogP contribution in [0, 0.1) is 11.3 Å². The number of allylic oxidation sites excluding steroid dienone is 1. The molecule has 0 aliphatic heterocycles. The van der Waals surface area contributed by atoms with Crippen LogP contribution < -0.4 is 0 Å². The van der Waals surface area contributed by atoms with E-state index in [0.717, 1.165) is 19.3 Å².